The molecule has 120 valence electrons. The highest BCUT2D eigenvalue weighted by Gasteiger charge is 2.53. The lowest BCUT2D eigenvalue weighted by molar-refractivity contribution is -0.300. The second-order valence-electron chi connectivity index (χ2n) is 5.81. The van der Waals surface area contributed by atoms with Crippen LogP contribution in [0.5, 0.6) is 0 Å². The lowest BCUT2D eigenvalue weighted by atomic mass is 10.1. The third-order valence-corrected chi connectivity index (χ3v) is 3.77. The molecule has 0 radical (unpaired) electrons. The van der Waals surface area contributed by atoms with Gasteiger partial charge in [0.25, 0.3) is 0 Å². The van der Waals surface area contributed by atoms with Gasteiger partial charge in [-0.15, -0.1) is 0 Å². The van der Waals surface area contributed by atoms with Crippen molar-refractivity contribution in [2.75, 3.05) is 13.7 Å². The zero-order chi connectivity index (χ0) is 15.7. The number of methoxy groups -OCH3 is 1. The topological polar surface area (TPSA) is 63.2 Å². The minimum Gasteiger partial charge on any atom is -0.450 e. The monoisotopic (exact) mass is 308 g/mol. The van der Waals surface area contributed by atoms with Gasteiger partial charge in [-0.2, -0.15) is 0 Å². The van der Waals surface area contributed by atoms with Gasteiger partial charge >= 0.3 is 5.97 Å². The summed E-state index contributed by atoms with van der Waals surface area (Å²) in [6, 6.07) is 8.81. The van der Waals surface area contributed by atoms with Crippen LogP contribution in [-0.4, -0.2) is 50.1 Å². The minimum atomic E-state index is -0.745. The number of ether oxygens (including phenoxy) is 5. The molecule has 0 saturated carbocycles. The maximum Gasteiger partial charge on any atom is 0.338 e. The number of rotatable bonds is 3. The molecule has 2 saturated heterocycles. The zero-order valence-electron chi connectivity index (χ0n) is 12.9. The third kappa shape index (κ3) is 3.01. The molecule has 2 aliphatic heterocycles. The van der Waals surface area contributed by atoms with E-state index in [9.17, 15) is 4.79 Å². The van der Waals surface area contributed by atoms with E-state index in [2.05, 4.69) is 0 Å². The fraction of sp³-hybridized carbons (Fsp3) is 0.562. The van der Waals surface area contributed by atoms with Crippen LogP contribution in [-0.2, 0) is 23.7 Å². The molecule has 2 aliphatic rings. The van der Waals surface area contributed by atoms with Crippen LogP contribution in [0, 0.1) is 0 Å². The number of hydrogen-bond acceptors (Lipinski definition) is 6. The Bertz CT molecular complexity index is 529. The third-order valence-electron chi connectivity index (χ3n) is 3.77. The lowest BCUT2D eigenvalue weighted by Crippen LogP contribution is -2.51. The molecule has 0 bridgehead atoms. The van der Waals surface area contributed by atoms with Crippen molar-refractivity contribution in [2.24, 2.45) is 0 Å². The van der Waals surface area contributed by atoms with Gasteiger partial charge in [0.15, 0.2) is 18.2 Å². The predicted octanol–water partition coefficient (Wildman–Crippen LogP) is 1.73. The maximum atomic E-state index is 12.3. The highest BCUT2D eigenvalue weighted by atomic mass is 16.8. The fourth-order valence-corrected chi connectivity index (χ4v) is 2.69. The molecular formula is C16H20O6. The van der Waals surface area contributed by atoms with Gasteiger partial charge in [0.1, 0.15) is 12.2 Å². The Morgan fingerprint density at radius 3 is 2.68 bits per heavy atom. The van der Waals surface area contributed by atoms with E-state index < -0.39 is 30.3 Å². The number of fused-ring (bicyclic) bond motifs is 1. The molecule has 0 N–H and O–H groups in total. The Kier molecular flexibility index (Phi) is 4.18. The molecular weight excluding hydrogens is 288 g/mol. The summed E-state index contributed by atoms with van der Waals surface area (Å²) in [5.41, 5.74) is 0.479. The Labute approximate surface area is 129 Å². The summed E-state index contributed by atoms with van der Waals surface area (Å²) < 4.78 is 28.0. The molecule has 1 aromatic rings. The van der Waals surface area contributed by atoms with Crippen molar-refractivity contribution in [3.8, 4) is 0 Å². The molecule has 2 fully saturated rings. The summed E-state index contributed by atoms with van der Waals surface area (Å²) >= 11 is 0. The van der Waals surface area contributed by atoms with E-state index >= 15 is 0 Å². The van der Waals surface area contributed by atoms with E-state index in [0.717, 1.165) is 0 Å². The van der Waals surface area contributed by atoms with Crippen LogP contribution < -0.4 is 0 Å². The first kappa shape index (κ1) is 15.4. The molecule has 6 nitrogen and oxygen atoms in total. The zero-order valence-corrected chi connectivity index (χ0v) is 12.9. The van der Waals surface area contributed by atoms with Gasteiger partial charge in [-0.1, -0.05) is 18.2 Å². The van der Waals surface area contributed by atoms with E-state index in [4.69, 9.17) is 23.7 Å². The van der Waals surface area contributed by atoms with E-state index in [1.54, 1.807) is 24.3 Å². The van der Waals surface area contributed by atoms with Crippen molar-refractivity contribution in [3.05, 3.63) is 35.9 Å². The average Bonchev–Trinajstić information content (AvgIpc) is 2.84. The van der Waals surface area contributed by atoms with Crippen LogP contribution >= 0.6 is 0 Å². The van der Waals surface area contributed by atoms with E-state index in [1.165, 1.54) is 7.11 Å². The quantitative estimate of drug-likeness (QED) is 0.793. The molecule has 2 heterocycles. The summed E-state index contributed by atoms with van der Waals surface area (Å²) in [4.78, 5) is 12.3. The van der Waals surface area contributed by atoms with Gasteiger partial charge in [-0.3, -0.25) is 0 Å². The van der Waals surface area contributed by atoms with Crippen LogP contribution in [0.4, 0.5) is 0 Å². The van der Waals surface area contributed by atoms with E-state index in [0.29, 0.717) is 12.2 Å². The van der Waals surface area contributed by atoms with Crippen LogP contribution in [0.1, 0.15) is 24.2 Å². The van der Waals surface area contributed by atoms with Crippen LogP contribution in [0.15, 0.2) is 30.3 Å². The highest BCUT2D eigenvalue weighted by Crippen LogP contribution is 2.35. The van der Waals surface area contributed by atoms with Crippen molar-refractivity contribution in [1.82, 2.24) is 0 Å². The van der Waals surface area contributed by atoms with E-state index in [-0.39, 0.29) is 6.10 Å². The van der Waals surface area contributed by atoms with Crippen LogP contribution in [0.3, 0.4) is 0 Å². The number of esters is 1. The van der Waals surface area contributed by atoms with Crippen molar-refractivity contribution in [1.29, 1.82) is 0 Å². The number of carbonyl (C=O) groups excluding carboxylic acids is 1. The molecule has 22 heavy (non-hydrogen) atoms. The summed E-state index contributed by atoms with van der Waals surface area (Å²) in [5, 5.41) is 0. The fourth-order valence-electron chi connectivity index (χ4n) is 2.69. The smallest absolute Gasteiger partial charge is 0.338 e. The van der Waals surface area contributed by atoms with Crippen molar-refractivity contribution < 1.29 is 28.5 Å². The Morgan fingerprint density at radius 2 is 2.00 bits per heavy atom. The molecule has 0 aliphatic carbocycles. The van der Waals surface area contributed by atoms with Crippen molar-refractivity contribution in [2.45, 2.75) is 44.2 Å². The van der Waals surface area contributed by atoms with Crippen molar-refractivity contribution in [3.63, 3.8) is 0 Å². The molecule has 3 rings (SSSR count). The normalized spacial score (nSPS) is 33.2. The summed E-state index contributed by atoms with van der Waals surface area (Å²) in [5.74, 6) is -1.17. The van der Waals surface area contributed by atoms with Gasteiger partial charge in [0.2, 0.25) is 0 Å². The Balaban J connectivity index is 1.76. The molecule has 1 aromatic carbocycles. The Morgan fingerprint density at radius 1 is 1.27 bits per heavy atom. The maximum absolute atomic E-state index is 12.3. The standard InChI is InChI=1S/C16H20O6/c1-16(2)19-9-11-12(22-16)13(15(18-3)20-11)21-14(17)10-7-5-4-6-8-10/h4-8,11-13,15H,9H2,1-3H3/t11-,12+,13-,15?/m1/s1. The first-order valence-corrected chi connectivity index (χ1v) is 7.26. The van der Waals surface area contributed by atoms with Gasteiger partial charge in [0, 0.05) is 7.11 Å². The highest BCUT2D eigenvalue weighted by molar-refractivity contribution is 5.89. The Hall–Kier alpha value is -1.47. The van der Waals surface area contributed by atoms with Crippen LogP contribution in [0.25, 0.3) is 0 Å². The van der Waals surface area contributed by atoms with E-state index in [1.807, 2.05) is 19.9 Å². The summed E-state index contributed by atoms with van der Waals surface area (Å²) in [6.45, 7) is 4.01. The largest absolute Gasteiger partial charge is 0.450 e. The molecule has 6 heteroatoms. The number of carbonyl (C=O) groups is 1. The number of benzene rings is 1. The van der Waals surface area contributed by atoms with Crippen molar-refractivity contribution >= 4 is 5.97 Å². The molecule has 1 unspecified atom stereocenters. The first-order valence-electron chi connectivity index (χ1n) is 7.26. The first-order chi connectivity index (χ1) is 10.5. The lowest BCUT2D eigenvalue weighted by Gasteiger charge is -2.38. The van der Waals surface area contributed by atoms with Crippen LogP contribution in [0.2, 0.25) is 0 Å². The summed E-state index contributed by atoms with van der Waals surface area (Å²) in [7, 11) is 1.51. The van der Waals surface area contributed by atoms with Gasteiger partial charge in [-0.05, 0) is 26.0 Å². The van der Waals surface area contributed by atoms with Gasteiger partial charge in [-0.25, -0.2) is 4.79 Å². The molecule has 0 amide bonds. The SMILES string of the molecule is COC1O[C@@H]2COC(C)(C)O[C@@H]2[C@H]1OC(=O)c1ccccc1. The molecule has 4 atom stereocenters. The number of hydrogen-bond donors (Lipinski definition) is 0. The average molecular weight is 308 g/mol. The van der Waals surface area contributed by atoms with Gasteiger partial charge in [0.05, 0.1) is 12.2 Å². The van der Waals surface area contributed by atoms with Gasteiger partial charge < -0.3 is 23.7 Å². The second kappa shape index (κ2) is 5.96. The predicted molar refractivity (Wildman–Crippen MR) is 76.2 cm³/mol. The minimum absolute atomic E-state index is 0.313. The molecule has 0 spiro atoms. The summed E-state index contributed by atoms with van der Waals surface area (Å²) in [6.07, 6.45) is -2.03. The second-order valence-corrected chi connectivity index (χ2v) is 5.81. The molecule has 0 aromatic heterocycles.